The third kappa shape index (κ3) is 9.00. The Balaban J connectivity index is 0. The molecule has 0 atom stereocenters. The molecule has 13 heavy (non-hydrogen) atoms. The van der Waals surface area contributed by atoms with Crippen LogP contribution in [0.5, 0.6) is 0 Å². The topological polar surface area (TPSA) is 26.3 Å². The van der Waals surface area contributed by atoms with Crippen molar-refractivity contribution >= 4 is 12.5 Å². The number of hydrogen-bond donors (Lipinski definition) is 0. The van der Waals surface area contributed by atoms with Crippen LogP contribution in [0, 0.1) is 6.58 Å². The number of rotatable bonds is 2. The van der Waals surface area contributed by atoms with Gasteiger partial charge in [-0.1, -0.05) is 43.0 Å². The van der Waals surface area contributed by atoms with Crippen molar-refractivity contribution in [1.29, 1.82) is 0 Å². The Bertz CT molecular complexity index is 222. The monoisotopic (exact) mass is 268 g/mol. The Kier molecular flexibility index (Phi) is 12.5. The van der Waals surface area contributed by atoms with Gasteiger partial charge in [0.2, 0.25) is 0 Å². The molecule has 0 amide bonds. The van der Waals surface area contributed by atoms with Gasteiger partial charge in [-0.05, 0) is 5.56 Å². The molecule has 0 aliphatic heterocycles. The van der Waals surface area contributed by atoms with Gasteiger partial charge >= 0.3 is 6.47 Å². The summed E-state index contributed by atoms with van der Waals surface area (Å²) in [6, 6.07) is 9.80. The minimum Gasteiger partial charge on any atom is -0.461 e. The van der Waals surface area contributed by atoms with E-state index in [4.69, 9.17) is 11.4 Å². The van der Waals surface area contributed by atoms with Crippen LogP contribution in [0.4, 0.5) is 0 Å². The minimum atomic E-state index is 0. The van der Waals surface area contributed by atoms with Crippen molar-refractivity contribution in [3.05, 3.63) is 42.5 Å². The van der Waals surface area contributed by atoms with E-state index in [1.807, 2.05) is 30.3 Å². The molecule has 0 saturated heterocycles. The molecular formula is C10H10O2Pd. The van der Waals surface area contributed by atoms with E-state index < -0.39 is 0 Å². The molecule has 0 saturated carbocycles. The summed E-state index contributed by atoms with van der Waals surface area (Å²) < 4.78 is 3.74. The first-order valence-corrected chi connectivity index (χ1v) is 3.35. The molecule has 72 valence electrons. The second kappa shape index (κ2) is 11.1. The van der Waals surface area contributed by atoms with Gasteiger partial charge in [0.05, 0.1) is 7.11 Å². The third-order valence-electron chi connectivity index (χ3n) is 1.08. The van der Waals surface area contributed by atoms with Crippen LogP contribution in [0.2, 0.25) is 0 Å². The summed E-state index contributed by atoms with van der Waals surface area (Å²) in [5.41, 5.74) is 1.06. The standard InChI is InChI=1S/C8H7.C2H3O2.Pd/c1-2-8-6-4-3-5-7-8;1-4-2-3;/h1-7H;1H3;. The zero-order valence-electron chi connectivity index (χ0n) is 7.17. The van der Waals surface area contributed by atoms with Gasteiger partial charge < -0.3 is 4.74 Å². The first-order chi connectivity index (χ1) is 5.85. The molecule has 0 spiro atoms. The number of ether oxygens (including phenoxy) is 1. The Labute approximate surface area is 92.3 Å². The molecule has 1 aromatic carbocycles. The summed E-state index contributed by atoms with van der Waals surface area (Å²) in [5, 5.41) is 0. The van der Waals surface area contributed by atoms with Crippen LogP contribution >= 0.6 is 0 Å². The van der Waals surface area contributed by atoms with Crippen molar-refractivity contribution < 1.29 is 30.0 Å². The van der Waals surface area contributed by atoms with Crippen LogP contribution in [0.15, 0.2) is 30.3 Å². The van der Waals surface area contributed by atoms with Gasteiger partial charge in [-0.25, -0.2) is 4.79 Å². The van der Waals surface area contributed by atoms with Gasteiger partial charge in [-0.3, -0.25) is 0 Å². The van der Waals surface area contributed by atoms with Gasteiger partial charge in [0, 0.05) is 20.4 Å². The number of benzene rings is 1. The van der Waals surface area contributed by atoms with Gasteiger partial charge in [-0.2, -0.15) is 0 Å². The van der Waals surface area contributed by atoms with Gasteiger partial charge in [-0.15, -0.1) is 0 Å². The van der Waals surface area contributed by atoms with Gasteiger partial charge in [0.25, 0.3) is 0 Å². The SMILES string of the molecule is CO[C]=O.[CH]=Cc1ccccc1.[Pd]. The van der Waals surface area contributed by atoms with E-state index >= 15 is 0 Å². The molecule has 0 fully saturated rings. The summed E-state index contributed by atoms with van der Waals surface area (Å²) in [4.78, 5) is 8.83. The fourth-order valence-corrected chi connectivity index (χ4v) is 0.564. The summed E-state index contributed by atoms with van der Waals surface area (Å²) in [6.45, 7) is 6.41. The average molecular weight is 269 g/mol. The predicted molar refractivity (Wildman–Crippen MR) is 47.9 cm³/mol. The molecule has 3 heteroatoms. The molecule has 0 bridgehead atoms. The summed E-state index contributed by atoms with van der Waals surface area (Å²) >= 11 is 0. The zero-order chi connectivity index (χ0) is 9.23. The Morgan fingerprint density at radius 2 is 1.85 bits per heavy atom. The van der Waals surface area contributed by atoms with Crippen LogP contribution in [-0.2, 0) is 30.0 Å². The van der Waals surface area contributed by atoms with E-state index in [9.17, 15) is 0 Å². The molecule has 0 aromatic heterocycles. The van der Waals surface area contributed by atoms with E-state index in [1.54, 1.807) is 6.08 Å². The molecule has 2 radical (unpaired) electrons. The maximum atomic E-state index is 8.83. The molecule has 0 unspecified atom stereocenters. The molecule has 0 aliphatic carbocycles. The smallest absolute Gasteiger partial charge is 0.417 e. The second-order valence-electron chi connectivity index (χ2n) is 1.86. The Morgan fingerprint density at radius 1 is 1.38 bits per heavy atom. The first-order valence-electron chi connectivity index (χ1n) is 3.35. The van der Waals surface area contributed by atoms with Crippen molar-refractivity contribution in [3.63, 3.8) is 0 Å². The largest absolute Gasteiger partial charge is 0.461 e. The maximum Gasteiger partial charge on any atom is 0.417 e. The van der Waals surface area contributed by atoms with E-state index in [2.05, 4.69) is 4.74 Å². The molecule has 0 N–H and O–H groups in total. The summed E-state index contributed by atoms with van der Waals surface area (Å²) in [7, 11) is 1.26. The van der Waals surface area contributed by atoms with E-state index in [-0.39, 0.29) is 20.4 Å². The molecule has 0 aliphatic rings. The minimum absolute atomic E-state index is 0. The van der Waals surface area contributed by atoms with E-state index in [0.29, 0.717) is 0 Å². The Hall–Kier alpha value is -0.908. The quantitative estimate of drug-likeness (QED) is 0.765. The summed E-state index contributed by atoms with van der Waals surface area (Å²) in [6.07, 6.45) is 1.58. The van der Waals surface area contributed by atoms with Crippen molar-refractivity contribution in [2.24, 2.45) is 0 Å². The zero-order valence-corrected chi connectivity index (χ0v) is 8.73. The first kappa shape index (κ1) is 14.6. The maximum absolute atomic E-state index is 8.83. The van der Waals surface area contributed by atoms with Gasteiger partial charge in [0.15, 0.2) is 0 Å². The average Bonchev–Trinajstić information content (AvgIpc) is 2.19. The van der Waals surface area contributed by atoms with Crippen molar-refractivity contribution in [1.82, 2.24) is 0 Å². The normalized spacial score (nSPS) is 6.85. The fourth-order valence-electron chi connectivity index (χ4n) is 0.564. The van der Waals surface area contributed by atoms with Crippen LogP contribution in [-0.4, -0.2) is 13.6 Å². The van der Waals surface area contributed by atoms with E-state index in [1.165, 1.54) is 13.6 Å². The predicted octanol–water partition coefficient (Wildman–Crippen LogP) is 1.83. The van der Waals surface area contributed by atoms with Crippen LogP contribution in [0.1, 0.15) is 5.56 Å². The van der Waals surface area contributed by atoms with Crippen LogP contribution in [0.3, 0.4) is 0 Å². The fraction of sp³-hybridized carbons (Fsp3) is 0.100. The number of hydrogen-bond acceptors (Lipinski definition) is 2. The van der Waals surface area contributed by atoms with Crippen LogP contribution in [0.25, 0.3) is 6.08 Å². The third-order valence-corrected chi connectivity index (χ3v) is 1.08. The van der Waals surface area contributed by atoms with Crippen molar-refractivity contribution in [2.45, 2.75) is 0 Å². The molecule has 2 nitrogen and oxygen atoms in total. The molecule has 1 aromatic rings. The van der Waals surface area contributed by atoms with Crippen molar-refractivity contribution in [3.8, 4) is 0 Å². The van der Waals surface area contributed by atoms with Crippen molar-refractivity contribution in [2.75, 3.05) is 7.11 Å². The Morgan fingerprint density at radius 3 is 2.08 bits per heavy atom. The van der Waals surface area contributed by atoms with Gasteiger partial charge in [0.1, 0.15) is 0 Å². The van der Waals surface area contributed by atoms with E-state index in [0.717, 1.165) is 5.56 Å². The second-order valence-corrected chi connectivity index (χ2v) is 1.86. The van der Waals surface area contributed by atoms with Crippen LogP contribution < -0.4 is 0 Å². The summed E-state index contributed by atoms with van der Waals surface area (Å²) in [5.74, 6) is 0. The number of methoxy groups -OCH3 is 1. The molecular weight excluding hydrogens is 259 g/mol. The number of carbonyl (C=O) groups excluding carboxylic acids is 1. The molecule has 1 rings (SSSR count). The molecule has 0 heterocycles.